The first-order chi connectivity index (χ1) is 13.0. The van der Waals surface area contributed by atoms with E-state index in [1.165, 1.54) is 6.92 Å². The number of aliphatic carboxylic acids is 1. The zero-order valence-corrected chi connectivity index (χ0v) is 16.3. The van der Waals surface area contributed by atoms with Crippen molar-refractivity contribution in [2.45, 2.75) is 63.9 Å². The van der Waals surface area contributed by atoms with Crippen LogP contribution >= 0.6 is 0 Å². The van der Waals surface area contributed by atoms with E-state index in [0.29, 0.717) is 6.42 Å². The van der Waals surface area contributed by atoms with Crippen molar-refractivity contribution in [2.75, 3.05) is 13.2 Å². The van der Waals surface area contributed by atoms with Crippen LogP contribution in [0.15, 0.2) is 0 Å². The van der Waals surface area contributed by atoms with Crippen LogP contribution in [-0.2, 0) is 19.2 Å². The Labute approximate surface area is 163 Å². The van der Waals surface area contributed by atoms with Crippen LogP contribution in [0.25, 0.3) is 0 Å². The van der Waals surface area contributed by atoms with Crippen LogP contribution < -0.4 is 16.4 Å². The van der Waals surface area contributed by atoms with Crippen molar-refractivity contribution in [3.8, 4) is 0 Å². The number of nitrogens with one attached hydrogen (secondary N) is 2. The van der Waals surface area contributed by atoms with Gasteiger partial charge in [0.1, 0.15) is 18.1 Å². The van der Waals surface area contributed by atoms with Crippen molar-refractivity contribution >= 4 is 23.7 Å². The predicted octanol–water partition coefficient (Wildman–Crippen LogP) is -2.61. The van der Waals surface area contributed by atoms with Crippen LogP contribution in [0.5, 0.6) is 0 Å². The van der Waals surface area contributed by atoms with Crippen LogP contribution in [0, 0.1) is 5.92 Å². The Morgan fingerprint density at radius 1 is 1.14 bits per heavy atom. The third-order valence-corrected chi connectivity index (χ3v) is 4.70. The maximum atomic E-state index is 12.7. The lowest BCUT2D eigenvalue weighted by Crippen LogP contribution is -2.60. The van der Waals surface area contributed by atoms with Gasteiger partial charge in [-0.15, -0.1) is 0 Å². The summed E-state index contributed by atoms with van der Waals surface area (Å²) >= 11 is 0. The van der Waals surface area contributed by atoms with E-state index in [-0.39, 0.29) is 18.9 Å². The summed E-state index contributed by atoms with van der Waals surface area (Å²) in [4.78, 5) is 49.5. The smallest absolute Gasteiger partial charge is 0.326 e. The number of carbonyl (C=O) groups excluding carboxylic acids is 3. The molecule has 0 aromatic rings. The van der Waals surface area contributed by atoms with E-state index >= 15 is 0 Å². The summed E-state index contributed by atoms with van der Waals surface area (Å²) in [6.07, 6.45) is -0.547. The molecule has 0 radical (unpaired) electrons. The van der Waals surface area contributed by atoms with Crippen molar-refractivity contribution in [1.82, 2.24) is 15.5 Å². The first-order valence-electron chi connectivity index (χ1n) is 9.19. The third-order valence-electron chi connectivity index (χ3n) is 4.70. The second-order valence-electron chi connectivity index (χ2n) is 7.27. The van der Waals surface area contributed by atoms with Crippen LogP contribution in [0.4, 0.5) is 0 Å². The fourth-order valence-corrected chi connectivity index (χ4v) is 2.87. The van der Waals surface area contributed by atoms with Gasteiger partial charge in [-0.2, -0.15) is 0 Å². The Bertz CT molecular complexity index is 596. The van der Waals surface area contributed by atoms with Gasteiger partial charge < -0.3 is 36.6 Å². The first-order valence-corrected chi connectivity index (χ1v) is 9.19. The summed E-state index contributed by atoms with van der Waals surface area (Å²) < 4.78 is 0. The molecule has 1 heterocycles. The zero-order valence-electron chi connectivity index (χ0n) is 16.3. The molecule has 1 fully saturated rings. The van der Waals surface area contributed by atoms with Gasteiger partial charge in [-0.3, -0.25) is 14.4 Å². The normalized spacial score (nSPS) is 21.0. The van der Waals surface area contributed by atoms with Crippen molar-refractivity contribution < 1.29 is 34.5 Å². The Kier molecular flexibility index (Phi) is 8.79. The minimum absolute atomic E-state index is 0.193. The summed E-state index contributed by atoms with van der Waals surface area (Å²) in [7, 11) is 0. The largest absolute Gasteiger partial charge is 0.480 e. The molecule has 5 unspecified atom stereocenters. The number of likely N-dealkylation sites (tertiary alicyclic amines) is 1. The van der Waals surface area contributed by atoms with Crippen molar-refractivity contribution in [3.05, 3.63) is 0 Å². The lowest BCUT2D eigenvalue weighted by atomic mass is 10.0. The number of carboxylic acids is 1. The fourth-order valence-electron chi connectivity index (χ4n) is 2.87. The number of aliphatic hydroxyl groups is 2. The first kappa shape index (κ1) is 23.8. The molecule has 160 valence electrons. The highest BCUT2D eigenvalue weighted by Crippen LogP contribution is 2.19. The average molecular weight is 402 g/mol. The Hall–Kier alpha value is -2.24. The van der Waals surface area contributed by atoms with Gasteiger partial charge in [0.25, 0.3) is 0 Å². The molecule has 1 aliphatic heterocycles. The van der Waals surface area contributed by atoms with Crippen molar-refractivity contribution in [3.63, 3.8) is 0 Å². The van der Waals surface area contributed by atoms with E-state index < -0.39 is 60.6 Å². The van der Waals surface area contributed by atoms with Crippen molar-refractivity contribution in [2.24, 2.45) is 11.7 Å². The molecule has 11 heteroatoms. The average Bonchev–Trinajstić information content (AvgIpc) is 3.12. The van der Waals surface area contributed by atoms with Crippen LogP contribution in [0.1, 0.15) is 33.6 Å². The number of rotatable bonds is 9. The van der Waals surface area contributed by atoms with E-state index in [9.17, 15) is 34.5 Å². The number of nitrogens with two attached hydrogens (primary N) is 1. The summed E-state index contributed by atoms with van der Waals surface area (Å²) in [6.45, 7) is 4.16. The fraction of sp³-hybridized carbons (Fsp3) is 0.765. The molecule has 0 bridgehead atoms. The number of hydrogen-bond acceptors (Lipinski definition) is 7. The second-order valence-corrected chi connectivity index (χ2v) is 7.27. The van der Waals surface area contributed by atoms with Gasteiger partial charge in [0.15, 0.2) is 0 Å². The number of carbonyl (C=O) groups is 4. The quantitative estimate of drug-likeness (QED) is 0.242. The molecule has 1 rings (SSSR count). The molecular weight excluding hydrogens is 372 g/mol. The Balaban J connectivity index is 2.86. The Morgan fingerprint density at radius 3 is 2.21 bits per heavy atom. The Morgan fingerprint density at radius 2 is 1.75 bits per heavy atom. The molecule has 0 aromatic carbocycles. The van der Waals surface area contributed by atoms with Gasteiger partial charge in [-0.25, -0.2) is 4.79 Å². The van der Waals surface area contributed by atoms with Gasteiger partial charge in [-0.05, 0) is 25.7 Å². The number of aliphatic hydroxyl groups excluding tert-OH is 2. The molecule has 28 heavy (non-hydrogen) atoms. The van der Waals surface area contributed by atoms with Crippen LogP contribution in [0.2, 0.25) is 0 Å². The number of nitrogens with zero attached hydrogens (tertiary/aromatic N) is 1. The molecule has 0 aliphatic carbocycles. The molecule has 1 saturated heterocycles. The highest BCUT2D eigenvalue weighted by molar-refractivity contribution is 5.94. The molecular formula is C17H30N4O7. The summed E-state index contributed by atoms with van der Waals surface area (Å²) in [5.41, 5.74) is 5.71. The number of carboxylic acid groups (broad SMARTS) is 1. The lowest BCUT2D eigenvalue weighted by molar-refractivity contribution is -0.150. The van der Waals surface area contributed by atoms with E-state index in [0.717, 1.165) is 4.90 Å². The highest BCUT2D eigenvalue weighted by atomic mass is 16.4. The molecule has 3 amide bonds. The van der Waals surface area contributed by atoms with Gasteiger partial charge in [-0.1, -0.05) is 13.8 Å². The topological polar surface area (TPSA) is 182 Å². The van der Waals surface area contributed by atoms with E-state index in [1.807, 2.05) is 0 Å². The van der Waals surface area contributed by atoms with Gasteiger partial charge in [0, 0.05) is 6.54 Å². The zero-order chi connectivity index (χ0) is 21.6. The van der Waals surface area contributed by atoms with Crippen LogP contribution in [0.3, 0.4) is 0 Å². The van der Waals surface area contributed by atoms with E-state index in [2.05, 4.69) is 10.6 Å². The second kappa shape index (κ2) is 10.3. The minimum Gasteiger partial charge on any atom is -0.480 e. The van der Waals surface area contributed by atoms with E-state index in [1.54, 1.807) is 13.8 Å². The van der Waals surface area contributed by atoms with Crippen molar-refractivity contribution in [1.29, 1.82) is 0 Å². The third kappa shape index (κ3) is 5.88. The summed E-state index contributed by atoms with van der Waals surface area (Å²) in [5, 5.41) is 33.2. The SMILES string of the molecule is CC(C)C(N)C(=O)NC(CO)C(=O)NC(C(=O)N1CCCC1C(=O)O)C(C)O. The minimum atomic E-state index is -1.42. The predicted molar refractivity (Wildman–Crippen MR) is 97.8 cm³/mol. The van der Waals surface area contributed by atoms with Gasteiger partial charge >= 0.3 is 5.97 Å². The molecule has 0 spiro atoms. The monoisotopic (exact) mass is 402 g/mol. The molecule has 1 aliphatic rings. The summed E-state index contributed by atoms with van der Waals surface area (Å²) in [6, 6.07) is -4.71. The lowest BCUT2D eigenvalue weighted by Gasteiger charge is -2.30. The molecule has 11 nitrogen and oxygen atoms in total. The molecule has 0 aromatic heterocycles. The molecule has 5 atom stereocenters. The van der Waals surface area contributed by atoms with Gasteiger partial charge in [0.2, 0.25) is 17.7 Å². The maximum Gasteiger partial charge on any atom is 0.326 e. The molecule has 7 N–H and O–H groups in total. The van der Waals surface area contributed by atoms with Crippen LogP contribution in [-0.4, -0.2) is 87.3 Å². The summed E-state index contributed by atoms with van der Waals surface area (Å²) in [5.74, 6) is -3.64. The highest BCUT2D eigenvalue weighted by Gasteiger charge is 2.40. The number of hydrogen-bond donors (Lipinski definition) is 6. The maximum absolute atomic E-state index is 12.7. The number of amides is 3. The molecule has 0 saturated carbocycles. The van der Waals surface area contributed by atoms with E-state index in [4.69, 9.17) is 5.73 Å². The standard InChI is InChI=1S/C17H30N4O7/c1-8(2)12(18)15(25)19-10(7-22)14(24)20-13(9(3)23)16(26)21-6-4-5-11(21)17(27)28/h8-13,22-23H,4-7,18H2,1-3H3,(H,19,25)(H,20,24)(H,27,28). The van der Waals surface area contributed by atoms with Gasteiger partial charge in [0.05, 0.1) is 18.8 Å².